The molecule has 0 aromatic carbocycles. The van der Waals surface area contributed by atoms with Crippen LogP contribution < -0.4 is 0 Å². The monoisotopic (exact) mass is 328 g/mol. The number of hydrogen-bond donors (Lipinski definition) is 1. The lowest BCUT2D eigenvalue weighted by Crippen LogP contribution is -2.20. The summed E-state index contributed by atoms with van der Waals surface area (Å²) in [4.78, 5) is 3.88. The molecule has 1 rings (SSSR count). The molecule has 1 aliphatic carbocycles. The van der Waals surface area contributed by atoms with E-state index in [-0.39, 0.29) is 0 Å². The fourth-order valence-electron chi connectivity index (χ4n) is 2.94. The van der Waals surface area contributed by atoms with Crippen molar-refractivity contribution in [2.75, 3.05) is 7.05 Å². The summed E-state index contributed by atoms with van der Waals surface area (Å²) in [5.41, 5.74) is 3.43. The molecule has 0 spiro atoms. The van der Waals surface area contributed by atoms with Gasteiger partial charge in [-0.25, -0.2) is 0 Å². The highest BCUT2D eigenvalue weighted by molar-refractivity contribution is 6.49. The summed E-state index contributed by atoms with van der Waals surface area (Å²) in [5, 5.41) is 7.28. The fraction of sp³-hybridized carbons (Fsp3) is 0.545. The van der Waals surface area contributed by atoms with Crippen LogP contribution in [0.25, 0.3) is 0 Å². The molecule has 0 radical (unpaired) electrons. The first-order valence-electron chi connectivity index (χ1n) is 8.71. The summed E-state index contributed by atoms with van der Waals surface area (Å²) < 4.78 is 0. The maximum absolute atomic E-state index is 7.28. The van der Waals surface area contributed by atoms with Gasteiger partial charge in [0.05, 0.1) is 11.4 Å². The van der Waals surface area contributed by atoms with E-state index in [9.17, 15) is 0 Å². The molecule has 0 bridgehead atoms. The van der Waals surface area contributed by atoms with Crippen molar-refractivity contribution in [3.8, 4) is 0 Å². The first-order chi connectivity index (χ1) is 11.0. The lowest BCUT2D eigenvalue weighted by atomic mass is 9.74. The van der Waals surface area contributed by atoms with E-state index in [4.69, 9.17) is 5.41 Å². The lowest BCUT2D eigenvalue weighted by Gasteiger charge is -2.31. The largest absolute Gasteiger partial charge is 0.299 e. The van der Waals surface area contributed by atoms with Gasteiger partial charge in [0.15, 0.2) is 0 Å². The third-order valence-corrected chi connectivity index (χ3v) is 3.56. The van der Waals surface area contributed by atoms with Crippen molar-refractivity contribution in [3.05, 3.63) is 48.1 Å². The smallest absolute Gasteiger partial charge is 0.0820 e. The van der Waals surface area contributed by atoms with Crippen LogP contribution in [0.1, 0.15) is 61.3 Å². The number of nitrogens with one attached hydrogen (secondary N) is 1. The Labute approximate surface area is 149 Å². The van der Waals surface area contributed by atoms with Gasteiger partial charge in [0, 0.05) is 7.05 Å². The van der Waals surface area contributed by atoms with Crippen molar-refractivity contribution in [1.29, 1.82) is 5.41 Å². The van der Waals surface area contributed by atoms with E-state index in [1.165, 1.54) is 18.4 Å². The molecule has 2 nitrogen and oxygen atoms in total. The number of hydrogen-bond acceptors (Lipinski definition) is 2. The molecule has 0 aromatic heterocycles. The molecular weight excluding hydrogens is 292 g/mol. The Kier molecular flexibility index (Phi) is 9.50. The van der Waals surface area contributed by atoms with Crippen LogP contribution in [0.4, 0.5) is 0 Å². The summed E-state index contributed by atoms with van der Waals surface area (Å²) in [6.07, 6.45) is 16.3. The van der Waals surface area contributed by atoms with Crippen molar-refractivity contribution in [1.82, 2.24) is 0 Å². The molecule has 0 saturated carbocycles. The molecule has 1 aliphatic rings. The van der Waals surface area contributed by atoms with E-state index in [0.29, 0.717) is 16.5 Å². The van der Waals surface area contributed by atoms with E-state index >= 15 is 0 Å². The van der Waals surface area contributed by atoms with Crippen molar-refractivity contribution in [3.63, 3.8) is 0 Å². The third kappa shape index (κ3) is 10.9. The minimum absolute atomic E-state index is 0.404. The third-order valence-electron chi connectivity index (χ3n) is 3.56. The molecule has 0 aromatic rings. The molecule has 0 unspecified atom stereocenters. The van der Waals surface area contributed by atoms with Gasteiger partial charge in [-0.05, 0) is 49.7 Å². The molecule has 134 valence electrons. The van der Waals surface area contributed by atoms with Crippen LogP contribution in [0.3, 0.4) is 0 Å². The zero-order chi connectivity index (χ0) is 18.8. The number of allylic oxidation sites excluding steroid dienone is 8. The maximum Gasteiger partial charge on any atom is 0.0820 e. The highest BCUT2D eigenvalue weighted by Crippen LogP contribution is 2.36. The Morgan fingerprint density at radius 1 is 1.12 bits per heavy atom. The van der Waals surface area contributed by atoms with Crippen molar-refractivity contribution >= 4 is 11.4 Å². The molecule has 0 aliphatic heterocycles. The van der Waals surface area contributed by atoms with Crippen LogP contribution >= 0.6 is 0 Å². The Morgan fingerprint density at radius 3 is 2.12 bits per heavy atom. The first kappa shape index (κ1) is 22.3. The lowest BCUT2D eigenvalue weighted by molar-refractivity contribution is 0.214. The molecule has 0 amide bonds. The maximum atomic E-state index is 7.28. The summed E-state index contributed by atoms with van der Waals surface area (Å²) >= 11 is 0. The van der Waals surface area contributed by atoms with E-state index in [2.05, 4.69) is 71.7 Å². The van der Waals surface area contributed by atoms with Gasteiger partial charge in [0.1, 0.15) is 0 Å². The van der Waals surface area contributed by atoms with Gasteiger partial charge in [0.2, 0.25) is 0 Å². The molecule has 0 fully saturated rings. The van der Waals surface area contributed by atoms with E-state index in [0.717, 1.165) is 5.71 Å². The average molecular weight is 329 g/mol. The topological polar surface area (TPSA) is 36.2 Å². The summed E-state index contributed by atoms with van der Waals surface area (Å²) in [6, 6.07) is 0. The van der Waals surface area contributed by atoms with Crippen molar-refractivity contribution in [2.24, 2.45) is 15.8 Å². The molecule has 0 heterocycles. The van der Waals surface area contributed by atoms with E-state index in [1.807, 2.05) is 18.2 Å². The summed E-state index contributed by atoms with van der Waals surface area (Å²) in [6.45, 7) is 15.9. The molecular formula is C22H36N2. The summed E-state index contributed by atoms with van der Waals surface area (Å²) in [5.74, 6) is 0. The Hall–Kier alpha value is -1.70. The second-order valence-electron chi connectivity index (χ2n) is 8.29. The Balaban J connectivity index is 0.000000496. The number of rotatable bonds is 4. The van der Waals surface area contributed by atoms with Gasteiger partial charge in [-0.1, -0.05) is 70.6 Å². The zero-order valence-corrected chi connectivity index (χ0v) is 16.9. The highest BCUT2D eigenvalue weighted by atomic mass is 14.7. The normalized spacial score (nSPS) is 17.4. The fourth-order valence-corrected chi connectivity index (χ4v) is 2.94. The van der Waals surface area contributed by atoms with Gasteiger partial charge in [-0.15, -0.1) is 0 Å². The van der Waals surface area contributed by atoms with Gasteiger partial charge in [-0.2, -0.15) is 0 Å². The van der Waals surface area contributed by atoms with Crippen LogP contribution in [0, 0.1) is 16.2 Å². The molecule has 0 atom stereocenters. The minimum atomic E-state index is 0.404. The van der Waals surface area contributed by atoms with Gasteiger partial charge in [-0.3, -0.25) is 10.4 Å². The zero-order valence-electron chi connectivity index (χ0n) is 16.9. The minimum Gasteiger partial charge on any atom is -0.299 e. The van der Waals surface area contributed by atoms with Gasteiger partial charge >= 0.3 is 0 Å². The molecule has 1 N–H and O–H groups in total. The second kappa shape index (κ2) is 10.2. The predicted molar refractivity (Wildman–Crippen MR) is 110 cm³/mol. The second-order valence-corrected chi connectivity index (χ2v) is 8.29. The Bertz CT molecular complexity index is 547. The van der Waals surface area contributed by atoms with Crippen LogP contribution in [-0.4, -0.2) is 18.5 Å². The first-order valence-corrected chi connectivity index (χ1v) is 8.71. The van der Waals surface area contributed by atoms with Gasteiger partial charge < -0.3 is 0 Å². The van der Waals surface area contributed by atoms with E-state index < -0.39 is 0 Å². The van der Waals surface area contributed by atoms with Crippen LogP contribution in [0.5, 0.6) is 0 Å². The standard InChI is InChI=1S/C15H28.C7H8N2/c1-8-9-13(2)10-11-15(6,7)12-14(3,4)5;1-9-7-5-3-2-4-6(7)8/h8-10H,11-12H2,1-7H3;2-5,8H,1H3/b9-8-,13-10-;. The molecule has 24 heavy (non-hydrogen) atoms. The quantitative estimate of drug-likeness (QED) is 0.448. The van der Waals surface area contributed by atoms with Crippen LogP contribution in [0.2, 0.25) is 0 Å². The molecule has 2 heteroatoms. The highest BCUT2D eigenvalue weighted by Gasteiger charge is 2.24. The average Bonchev–Trinajstić information content (AvgIpc) is 2.44. The molecule has 0 saturated heterocycles. The predicted octanol–water partition coefficient (Wildman–Crippen LogP) is 6.56. The van der Waals surface area contributed by atoms with Crippen molar-refractivity contribution < 1.29 is 0 Å². The Morgan fingerprint density at radius 2 is 1.71 bits per heavy atom. The number of nitrogens with zero attached hydrogens (tertiary/aromatic N) is 1. The SMILES string of the molecule is C/C=C\C(C)=C/CC(C)(C)CC(C)(C)C.CN=C1C=CC=CC1=N. The van der Waals surface area contributed by atoms with Crippen LogP contribution in [-0.2, 0) is 0 Å². The van der Waals surface area contributed by atoms with Crippen LogP contribution in [0.15, 0.2) is 53.1 Å². The summed E-state index contributed by atoms with van der Waals surface area (Å²) in [7, 11) is 1.69. The number of aliphatic imine (C=N–C) groups is 1. The van der Waals surface area contributed by atoms with Gasteiger partial charge in [0.25, 0.3) is 0 Å². The van der Waals surface area contributed by atoms with E-state index in [1.54, 1.807) is 13.1 Å². The van der Waals surface area contributed by atoms with Crippen molar-refractivity contribution in [2.45, 2.75) is 61.3 Å².